The largest absolute Gasteiger partial charge is 0.462 e. The minimum atomic E-state index is -4.37. The zero-order valence-corrected chi connectivity index (χ0v) is 15.9. The fourth-order valence-corrected chi connectivity index (χ4v) is 3.47. The second-order valence-corrected chi connectivity index (χ2v) is 6.88. The SMILES string of the molecule is CCOC(=O)c1cnc(N2CC(c3ccc(C(F)(F)F)cc3)CC[C@H]2CO)nc1. The molecule has 0 radical (unpaired) electrons. The number of carbonyl (C=O) groups is 1. The van der Waals surface area contributed by atoms with Gasteiger partial charge in [-0.05, 0) is 37.5 Å². The second-order valence-electron chi connectivity index (χ2n) is 6.88. The molecule has 2 aromatic rings. The quantitative estimate of drug-likeness (QED) is 0.763. The van der Waals surface area contributed by atoms with Gasteiger partial charge in [0.05, 0.1) is 30.4 Å². The first kappa shape index (κ1) is 21.0. The lowest BCUT2D eigenvalue weighted by molar-refractivity contribution is -0.137. The van der Waals surface area contributed by atoms with Gasteiger partial charge in [0.15, 0.2) is 0 Å². The Kier molecular flexibility index (Phi) is 6.36. The average molecular weight is 409 g/mol. The first-order valence-corrected chi connectivity index (χ1v) is 9.37. The number of rotatable bonds is 5. The molecule has 1 N–H and O–H groups in total. The summed E-state index contributed by atoms with van der Waals surface area (Å²) in [7, 11) is 0. The molecule has 3 rings (SSSR count). The number of esters is 1. The van der Waals surface area contributed by atoms with Gasteiger partial charge in [0.2, 0.25) is 5.95 Å². The number of piperidine rings is 1. The highest BCUT2D eigenvalue weighted by atomic mass is 19.4. The number of alkyl halides is 3. The summed E-state index contributed by atoms with van der Waals surface area (Å²) >= 11 is 0. The number of aromatic nitrogens is 2. The highest BCUT2D eigenvalue weighted by Gasteiger charge is 2.33. The molecular weight excluding hydrogens is 387 g/mol. The molecule has 2 heterocycles. The first-order chi connectivity index (χ1) is 13.8. The summed E-state index contributed by atoms with van der Waals surface area (Å²) in [4.78, 5) is 22.1. The van der Waals surface area contributed by atoms with Crippen molar-refractivity contribution in [1.29, 1.82) is 0 Å². The predicted octanol–water partition coefficient (Wildman–Crippen LogP) is 3.42. The van der Waals surface area contributed by atoms with Crippen molar-refractivity contribution in [1.82, 2.24) is 9.97 Å². The Balaban J connectivity index is 1.78. The van der Waals surface area contributed by atoms with E-state index in [1.807, 2.05) is 4.90 Å². The number of aliphatic hydroxyl groups is 1. The Morgan fingerprint density at radius 3 is 2.41 bits per heavy atom. The third-order valence-corrected chi connectivity index (χ3v) is 5.03. The highest BCUT2D eigenvalue weighted by Crippen LogP contribution is 2.34. The Labute approximate surface area is 166 Å². The Bertz CT molecular complexity index is 826. The molecule has 0 aliphatic carbocycles. The fourth-order valence-electron chi connectivity index (χ4n) is 3.47. The van der Waals surface area contributed by atoms with Gasteiger partial charge in [-0.15, -0.1) is 0 Å². The van der Waals surface area contributed by atoms with E-state index < -0.39 is 17.7 Å². The first-order valence-electron chi connectivity index (χ1n) is 9.37. The number of nitrogens with zero attached hydrogens (tertiary/aromatic N) is 3. The molecule has 1 saturated heterocycles. The van der Waals surface area contributed by atoms with E-state index in [-0.39, 0.29) is 30.7 Å². The van der Waals surface area contributed by atoms with Gasteiger partial charge in [-0.2, -0.15) is 13.2 Å². The van der Waals surface area contributed by atoms with Crippen LogP contribution in [0.4, 0.5) is 19.1 Å². The zero-order chi connectivity index (χ0) is 21.0. The number of hydrogen-bond donors (Lipinski definition) is 1. The maximum absolute atomic E-state index is 12.8. The minimum Gasteiger partial charge on any atom is -0.462 e. The van der Waals surface area contributed by atoms with Crippen molar-refractivity contribution in [3.8, 4) is 0 Å². The van der Waals surface area contributed by atoms with Gasteiger partial charge in [-0.25, -0.2) is 14.8 Å². The molecule has 1 unspecified atom stereocenters. The molecule has 0 amide bonds. The van der Waals surface area contributed by atoms with Crippen LogP contribution in [0, 0.1) is 0 Å². The summed E-state index contributed by atoms with van der Waals surface area (Å²) in [6.45, 7) is 2.31. The maximum atomic E-state index is 12.8. The summed E-state index contributed by atoms with van der Waals surface area (Å²) in [6.07, 6.45) is -0.250. The van der Waals surface area contributed by atoms with E-state index in [9.17, 15) is 23.1 Å². The van der Waals surface area contributed by atoms with Crippen molar-refractivity contribution in [3.63, 3.8) is 0 Å². The topological polar surface area (TPSA) is 75.5 Å². The maximum Gasteiger partial charge on any atom is 0.416 e. The third-order valence-electron chi connectivity index (χ3n) is 5.03. The third kappa shape index (κ3) is 4.84. The Morgan fingerprint density at radius 2 is 1.86 bits per heavy atom. The van der Waals surface area contributed by atoms with E-state index in [1.54, 1.807) is 6.92 Å². The fraction of sp³-hybridized carbons (Fsp3) is 0.450. The van der Waals surface area contributed by atoms with E-state index in [0.29, 0.717) is 18.9 Å². The molecule has 29 heavy (non-hydrogen) atoms. The number of aliphatic hydroxyl groups excluding tert-OH is 1. The van der Waals surface area contributed by atoms with Crippen LogP contribution >= 0.6 is 0 Å². The number of ether oxygens (including phenoxy) is 1. The van der Waals surface area contributed by atoms with Gasteiger partial charge in [0.1, 0.15) is 0 Å². The van der Waals surface area contributed by atoms with Gasteiger partial charge in [-0.1, -0.05) is 12.1 Å². The van der Waals surface area contributed by atoms with Crippen molar-refractivity contribution in [2.75, 3.05) is 24.7 Å². The van der Waals surface area contributed by atoms with Crippen LogP contribution in [0.25, 0.3) is 0 Å². The Morgan fingerprint density at radius 1 is 1.21 bits per heavy atom. The highest BCUT2D eigenvalue weighted by molar-refractivity contribution is 5.88. The molecule has 0 saturated carbocycles. The molecule has 9 heteroatoms. The minimum absolute atomic E-state index is 0.0200. The summed E-state index contributed by atoms with van der Waals surface area (Å²) in [5.74, 6) is -0.179. The molecule has 1 aliphatic heterocycles. The van der Waals surface area contributed by atoms with Gasteiger partial charge < -0.3 is 14.7 Å². The van der Waals surface area contributed by atoms with E-state index in [2.05, 4.69) is 9.97 Å². The molecule has 156 valence electrons. The van der Waals surface area contributed by atoms with Gasteiger partial charge in [0.25, 0.3) is 0 Å². The van der Waals surface area contributed by atoms with E-state index in [1.165, 1.54) is 24.5 Å². The smallest absolute Gasteiger partial charge is 0.416 e. The summed E-state index contributed by atoms with van der Waals surface area (Å²) in [5.41, 5.74) is 0.343. The van der Waals surface area contributed by atoms with Crippen molar-refractivity contribution in [3.05, 3.63) is 53.3 Å². The summed E-state index contributed by atoms with van der Waals surface area (Å²) < 4.78 is 43.3. The van der Waals surface area contributed by atoms with Gasteiger partial charge >= 0.3 is 12.1 Å². The van der Waals surface area contributed by atoms with E-state index >= 15 is 0 Å². The van der Waals surface area contributed by atoms with Crippen LogP contribution in [0.3, 0.4) is 0 Å². The molecule has 2 atom stereocenters. The second kappa shape index (κ2) is 8.77. The van der Waals surface area contributed by atoms with Crippen LogP contribution in [0.2, 0.25) is 0 Å². The van der Waals surface area contributed by atoms with Crippen molar-refractivity contribution in [2.45, 2.75) is 37.9 Å². The van der Waals surface area contributed by atoms with Crippen LogP contribution < -0.4 is 4.90 Å². The normalized spacial score (nSPS) is 19.8. The van der Waals surface area contributed by atoms with Gasteiger partial charge in [-0.3, -0.25) is 0 Å². The standard InChI is InChI=1S/C20H22F3N3O3/c1-2-29-18(28)15-9-24-19(25-10-15)26-11-14(5-8-17(26)12-27)13-3-6-16(7-4-13)20(21,22)23/h3-4,6-7,9-10,14,17,27H,2,5,8,11-12H2,1H3/t14?,17-/m0/s1. The number of benzene rings is 1. The van der Waals surface area contributed by atoms with E-state index in [4.69, 9.17) is 4.74 Å². The molecular formula is C20H22F3N3O3. The number of anilines is 1. The molecule has 1 fully saturated rings. The van der Waals surface area contributed by atoms with Crippen LogP contribution in [0.1, 0.15) is 47.2 Å². The number of halogens is 3. The molecule has 6 nitrogen and oxygen atoms in total. The molecule has 0 spiro atoms. The van der Waals surface area contributed by atoms with Crippen molar-refractivity contribution in [2.24, 2.45) is 0 Å². The predicted molar refractivity (Wildman–Crippen MR) is 99.6 cm³/mol. The van der Waals surface area contributed by atoms with Crippen LogP contribution in [0.15, 0.2) is 36.7 Å². The zero-order valence-electron chi connectivity index (χ0n) is 15.9. The van der Waals surface area contributed by atoms with Crippen LogP contribution in [-0.4, -0.2) is 46.8 Å². The lowest BCUT2D eigenvalue weighted by Gasteiger charge is -2.39. The van der Waals surface area contributed by atoms with Crippen molar-refractivity contribution >= 4 is 11.9 Å². The molecule has 1 aliphatic rings. The van der Waals surface area contributed by atoms with Crippen molar-refractivity contribution < 1.29 is 27.8 Å². The monoisotopic (exact) mass is 409 g/mol. The Hall–Kier alpha value is -2.68. The number of hydrogen-bond acceptors (Lipinski definition) is 6. The number of carbonyl (C=O) groups excluding carboxylic acids is 1. The molecule has 1 aromatic carbocycles. The molecule has 1 aromatic heterocycles. The summed E-state index contributed by atoms with van der Waals surface area (Å²) in [5, 5.41) is 9.72. The lowest BCUT2D eigenvalue weighted by atomic mass is 9.87. The van der Waals surface area contributed by atoms with Crippen LogP contribution in [0.5, 0.6) is 0 Å². The van der Waals surface area contributed by atoms with Gasteiger partial charge in [0, 0.05) is 24.9 Å². The lowest BCUT2D eigenvalue weighted by Crippen LogP contribution is -2.45. The summed E-state index contributed by atoms with van der Waals surface area (Å²) in [6, 6.07) is 4.96. The van der Waals surface area contributed by atoms with Crippen LogP contribution in [-0.2, 0) is 10.9 Å². The molecule has 0 bridgehead atoms. The van der Waals surface area contributed by atoms with E-state index in [0.717, 1.165) is 24.1 Å². The average Bonchev–Trinajstić information content (AvgIpc) is 2.73.